The highest BCUT2D eigenvalue weighted by molar-refractivity contribution is 7.15. The maximum absolute atomic E-state index is 12.3. The highest BCUT2D eigenvalue weighted by Crippen LogP contribution is 2.36. The average molecular weight is 495 g/mol. The Bertz CT molecular complexity index is 1300. The van der Waals surface area contributed by atoms with Gasteiger partial charge in [-0.05, 0) is 59.2 Å². The van der Waals surface area contributed by atoms with Crippen molar-refractivity contribution in [3.8, 4) is 5.00 Å². The van der Waals surface area contributed by atoms with Crippen LogP contribution in [-0.2, 0) is 16.1 Å². The number of ether oxygens (including phenoxy) is 1. The fourth-order valence-electron chi connectivity index (χ4n) is 3.81. The molecule has 2 aromatic heterocycles. The number of carbonyl (C=O) groups is 2. The van der Waals surface area contributed by atoms with Crippen molar-refractivity contribution in [2.45, 2.75) is 60.1 Å². The summed E-state index contributed by atoms with van der Waals surface area (Å²) in [6.07, 6.45) is -0.395. The van der Waals surface area contributed by atoms with Crippen LogP contribution >= 0.6 is 11.3 Å². The van der Waals surface area contributed by atoms with Crippen molar-refractivity contribution in [2.75, 3.05) is 11.9 Å². The van der Waals surface area contributed by atoms with Crippen LogP contribution in [0, 0.1) is 20.8 Å². The van der Waals surface area contributed by atoms with Gasteiger partial charge >= 0.3 is 6.09 Å². The molecule has 2 amide bonds. The lowest BCUT2D eigenvalue weighted by atomic mass is 9.99. The van der Waals surface area contributed by atoms with Gasteiger partial charge in [0.1, 0.15) is 23.0 Å². The summed E-state index contributed by atoms with van der Waals surface area (Å²) in [5.41, 5.74) is 4.27. The molecule has 10 heteroatoms. The highest BCUT2D eigenvalue weighted by atomic mass is 32.1. The second kappa shape index (κ2) is 9.61. The number of carbonyl (C=O) groups excluding carboxylic acids is 2. The van der Waals surface area contributed by atoms with Crippen molar-refractivity contribution >= 4 is 34.7 Å². The Hall–Kier alpha value is -3.53. The number of rotatable bonds is 5. The van der Waals surface area contributed by atoms with Gasteiger partial charge in [-0.15, -0.1) is 21.5 Å². The fraction of sp³-hybridized carbons (Fsp3) is 0.400. The molecule has 184 valence electrons. The van der Waals surface area contributed by atoms with E-state index in [9.17, 15) is 9.59 Å². The third-order valence-electron chi connectivity index (χ3n) is 5.54. The zero-order valence-corrected chi connectivity index (χ0v) is 21.7. The molecular formula is C25H30N6O3S. The zero-order chi connectivity index (χ0) is 25.3. The predicted molar refractivity (Wildman–Crippen MR) is 137 cm³/mol. The van der Waals surface area contributed by atoms with Crippen LogP contribution < -0.4 is 10.6 Å². The number of hydrogen-bond acceptors (Lipinski definition) is 7. The molecule has 3 aromatic rings. The summed E-state index contributed by atoms with van der Waals surface area (Å²) >= 11 is 1.72. The second-order valence-electron chi connectivity index (χ2n) is 9.43. The van der Waals surface area contributed by atoms with Gasteiger partial charge in [-0.1, -0.05) is 12.1 Å². The first-order valence-corrected chi connectivity index (χ1v) is 12.3. The van der Waals surface area contributed by atoms with E-state index in [1.54, 1.807) is 32.1 Å². The lowest BCUT2D eigenvalue weighted by Crippen LogP contribution is -2.34. The molecule has 1 aromatic carbocycles. The maximum atomic E-state index is 12.3. The van der Waals surface area contributed by atoms with Crippen LogP contribution in [0.3, 0.4) is 0 Å². The SMILES string of the molecule is Cc1sc2c(c1C)C(c1ccc(NC(=O)CCNC(=O)OC(C)(C)C)cc1)=NCc1nnc(C)n1-2. The molecule has 0 bridgehead atoms. The first kappa shape index (κ1) is 24.6. The number of aliphatic imine (C=N–C) groups is 1. The number of aromatic nitrogens is 3. The number of alkyl carbamates (subject to hydrolysis) is 1. The molecule has 2 N–H and O–H groups in total. The molecule has 0 saturated heterocycles. The Morgan fingerprint density at radius 3 is 2.51 bits per heavy atom. The van der Waals surface area contributed by atoms with Crippen molar-refractivity contribution in [2.24, 2.45) is 4.99 Å². The average Bonchev–Trinajstić information content (AvgIpc) is 3.21. The summed E-state index contributed by atoms with van der Waals surface area (Å²) in [6.45, 7) is 12.2. The van der Waals surface area contributed by atoms with Gasteiger partial charge in [-0.2, -0.15) is 0 Å². The standard InChI is InChI=1S/C25H30N6O3S/c1-14-15(2)35-23-21(14)22(27-13-19-30-29-16(3)31(19)23)17-7-9-18(10-8-17)28-20(32)11-12-26-24(33)34-25(4,5)6/h7-10H,11-13H2,1-6H3,(H,26,33)(H,28,32). The van der Waals surface area contributed by atoms with E-state index in [0.29, 0.717) is 12.2 Å². The normalized spacial score (nSPS) is 12.8. The number of amides is 2. The molecule has 0 unspecified atom stereocenters. The van der Waals surface area contributed by atoms with Crippen molar-refractivity contribution < 1.29 is 14.3 Å². The number of fused-ring (bicyclic) bond motifs is 3. The molecule has 0 aliphatic carbocycles. The van der Waals surface area contributed by atoms with Crippen LogP contribution in [0.25, 0.3) is 5.00 Å². The number of hydrogen-bond donors (Lipinski definition) is 2. The lowest BCUT2D eigenvalue weighted by molar-refractivity contribution is -0.116. The highest BCUT2D eigenvalue weighted by Gasteiger charge is 2.26. The van der Waals surface area contributed by atoms with E-state index in [-0.39, 0.29) is 18.9 Å². The Kier molecular flexibility index (Phi) is 6.75. The van der Waals surface area contributed by atoms with Gasteiger partial charge in [0.2, 0.25) is 5.91 Å². The minimum absolute atomic E-state index is 0.142. The van der Waals surface area contributed by atoms with Gasteiger partial charge in [0.05, 0.1) is 5.71 Å². The van der Waals surface area contributed by atoms with Crippen LogP contribution in [0.4, 0.5) is 10.5 Å². The van der Waals surface area contributed by atoms with E-state index in [1.807, 2.05) is 31.2 Å². The second-order valence-corrected chi connectivity index (χ2v) is 10.6. The van der Waals surface area contributed by atoms with Crippen molar-refractivity contribution in [3.63, 3.8) is 0 Å². The number of thiophene rings is 1. The van der Waals surface area contributed by atoms with Crippen molar-refractivity contribution in [3.05, 3.63) is 57.5 Å². The lowest BCUT2D eigenvalue weighted by Gasteiger charge is -2.19. The van der Waals surface area contributed by atoms with Gasteiger partial charge in [-0.3, -0.25) is 14.4 Å². The minimum atomic E-state index is -0.577. The van der Waals surface area contributed by atoms with E-state index in [4.69, 9.17) is 9.73 Å². The summed E-state index contributed by atoms with van der Waals surface area (Å²) in [7, 11) is 0. The molecule has 0 spiro atoms. The quantitative estimate of drug-likeness (QED) is 0.544. The summed E-state index contributed by atoms with van der Waals surface area (Å²) in [6, 6.07) is 7.65. The van der Waals surface area contributed by atoms with Crippen molar-refractivity contribution in [1.82, 2.24) is 20.1 Å². The monoisotopic (exact) mass is 494 g/mol. The first-order chi connectivity index (χ1) is 16.5. The molecule has 35 heavy (non-hydrogen) atoms. The topological polar surface area (TPSA) is 110 Å². The Balaban J connectivity index is 1.45. The molecule has 1 aliphatic heterocycles. The van der Waals surface area contributed by atoms with Crippen LogP contribution in [-0.4, -0.2) is 44.6 Å². The summed E-state index contributed by atoms with van der Waals surface area (Å²) in [5, 5.41) is 15.1. The summed E-state index contributed by atoms with van der Waals surface area (Å²) in [4.78, 5) is 30.1. The fourth-order valence-corrected chi connectivity index (χ4v) is 5.04. The number of aryl methyl sites for hydroxylation is 2. The van der Waals surface area contributed by atoms with Gasteiger partial charge in [0.15, 0.2) is 5.82 Å². The Morgan fingerprint density at radius 1 is 1.11 bits per heavy atom. The van der Waals surface area contributed by atoms with Gasteiger partial charge < -0.3 is 15.4 Å². The Morgan fingerprint density at radius 2 is 1.83 bits per heavy atom. The van der Waals surface area contributed by atoms with Crippen molar-refractivity contribution in [1.29, 1.82) is 0 Å². The van der Waals surface area contributed by atoms with E-state index in [1.165, 1.54) is 10.4 Å². The molecule has 0 atom stereocenters. The molecule has 0 saturated carbocycles. The molecule has 3 heterocycles. The van der Waals surface area contributed by atoms with Crippen LogP contribution in [0.5, 0.6) is 0 Å². The number of benzene rings is 1. The Labute approximate surface area is 208 Å². The van der Waals surface area contributed by atoms with E-state index >= 15 is 0 Å². The van der Waals surface area contributed by atoms with Crippen LogP contribution in [0.15, 0.2) is 29.3 Å². The molecule has 1 aliphatic rings. The predicted octanol–water partition coefficient (Wildman–Crippen LogP) is 4.46. The third kappa shape index (κ3) is 5.43. The molecule has 0 fully saturated rings. The smallest absolute Gasteiger partial charge is 0.407 e. The van der Waals surface area contributed by atoms with E-state index in [2.05, 4.69) is 39.2 Å². The third-order valence-corrected chi connectivity index (χ3v) is 6.73. The van der Waals surface area contributed by atoms with E-state index in [0.717, 1.165) is 33.5 Å². The molecular weight excluding hydrogens is 464 g/mol. The van der Waals surface area contributed by atoms with Gasteiger partial charge in [0.25, 0.3) is 0 Å². The molecule has 9 nitrogen and oxygen atoms in total. The first-order valence-electron chi connectivity index (χ1n) is 11.5. The number of nitrogens with zero attached hydrogens (tertiary/aromatic N) is 4. The minimum Gasteiger partial charge on any atom is -0.444 e. The van der Waals surface area contributed by atoms with Crippen LogP contribution in [0.2, 0.25) is 0 Å². The van der Waals surface area contributed by atoms with E-state index < -0.39 is 11.7 Å². The summed E-state index contributed by atoms with van der Waals surface area (Å²) in [5.74, 6) is 1.47. The number of anilines is 1. The zero-order valence-electron chi connectivity index (χ0n) is 20.9. The largest absolute Gasteiger partial charge is 0.444 e. The molecule has 4 rings (SSSR count). The van der Waals surface area contributed by atoms with Gasteiger partial charge in [-0.25, -0.2) is 4.79 Å². The number of nitrogens with one attached hydrogen (secondary N) is 2. The van der Waals surface area contributed by atoms with Crippen LogP contribution in [0.1, 0.15) is 60.4 Å². The van der Waals surface area contributed by atoms with Gasteiger partial charge in [0, 0.05) is 34.7 Å². The maximum Gasteiger partial charge on any atom is 0.407 e. The molecule has 0 radical (unpaired) electrons. The summed E-state index contributed by atoms with van der Waals surface area (Å²) < 4.78 is 7.27.